The van der Waals surface area contributed by atoms with E-state index in [1.807, 2.05) is 97.9 Å². The molecule has 0 radical (unpaired) electrons. The Morgan fingerprint density at radius 3 is 2.21 bits per heavy atom. The number of benzene rings is 4. The summed E-state index contributed by atoms with van der Waals surface area (Å²) in [5.74, 6) is 0.0385. The molecule has 168 valence electrons. The molecule has 5 rings (SSSR count). The van der Waals surface area contributed by atoms with Crippen LogP contribution in [0.25, 0.3) is 0 Å². The van der Waals surface area contributed by atoms with E-state index in [0.29, 0.717) is 18.7 Å². The molecule has 1 unspecified atom stereocenters. The third kappa shape index (κ3) is 4.48. The summed E-state index contributed by atoms with van der Waals surface area (Å²) in [5.41, 5.74) is 6.45. The van der Waals surface area contributed by atoms with Gasteiger partial charge in [-0.25, -0.2) is 0 Å². The number of fused-ring (bicyclic) bond motifs is 1. The molecule has 4 heteroatoms. The van der Waals surface area contributed by atoms with Crippen molar-refractivity contribution in [2.75, 3.05) is 4.90 Å². The third-order valence-corrected chi connectivity index (χ3v) is 6.14. The van der Waals surface area contributed by atoms with E-state index in [-0.39, 0.29) is 11.7 Å². The van der Waals surface area contributed by atoms with Crippen molar-refractivity contribution in [1.82, 2.24) is 0 Å². The number of aromatic hydroxyl groups is 1. The van der Waals surface area contributed by atoms with Crippen molar-refractivity contribution in [3.63, 3.8) is 0 Å². The number of benzodiazepines with no additional fused rings is 1. The first kappa shape index (κ1) is 21.7. The number of anilines is 1. The van der Waals surface area contributed by atoms with E-state index in [1.54, 1.807) is 17.0 Å². The van der Waals surface area contributed by atoms with Gasteiger partial charge in [-0.05, 0) is 30.2 Å². The average Bonchev–Trinajstić information content (AvgIpc) is 2.97. The minimum atomic E-state index is -0.586. The lowest BCUT2D eigenvalue weighted by Gasteiger charge is -2.26. The van der Waals surface area contributed by atoms with Gasteiger partial charge in [0.15, 0.2) is 0 Å². The highest BCUT2D eigenvalue weighted by molar-refractivity contribution is 6.20. The lowest BCUT2D eigenvalue weighted by molar-refractivity contribution is -0.119. The second-order valence-corrected chi connectivity index (χ2v) is 8.66. The van der Waals surface area contributed by atoms with Gasteiger partial charge in [0.25, 0.3) is 5.91 Å². The van der Waals surface area contributed by atoms with E-state index >= 15 is 0 Å². The molecule has 0 aromatic heterocycles. The number of phenols is 1. The molecule has 4 aromatic carbocycles. The molecule has 1 atom stereocenters. The Morgan fingerprint density at radius 1 is 0.824 bits per heavy atom. The van der Waals surface area contributed by atoms with Gasteiger partial charge >= 0.3 is 0 Å². The molecule has 0 saturated heterocycles. The van der Waals surface area contributed by atoms with Crippen LogP contribution in [0.1, 0.15) is 27.8 Å². The monoisotopic (exact) mass is 446 g/mol. The molecule has 1 N–H and O–H groups in total. The zero-order valence-corrected chi connectivity index (χ0v) is 19.1. The van der Waals surface area contributed by atoms with Crippen molar-refractivity contribution in [2.24, 2.45) is 4.99 Å². The minimum absolute atomic E-state index is 0.0813. The first-order valence-electron chi connectivity index (χ1n) is 11.5. The van der Waals surface area contributed by atoms with Crippen molar-refractivity contribution in [3.05, 3.63) is 131 Å². The van der Waals surface area contributed by atoms with Gasteiger partial charge in [0.2, 0.25) is 0 Å². The molecule has 1 heterocycles. The summed E-state index contributed by atoms with van der Waals surface area (Å²) in [6.45, 7) is 2.45. The molecule has 4 nitrogen and oxygen atoms in total. The summed E-state index contributed by atoms with van der Waals surface area (Å²) < 4.78 is 0. The first-order valence-corrected chi connectivity index (χ1v) is 11.5. The highest BCUT2D eigenvalue weighted by atomic mass is 16.3. The minimum Gasteiger partial charge on any atom is -0.508 e. The van der Waals surface area contributed by atoms with Crippen molar-refractivity contribution in [3.8, 4) is 5.75 Å². The predicted molar refractivity (Wildman–Crippen MR) is 136 cm³/mol. The Kier molecular flexibility index (Phi) is 5.96. The van der Waals surface area contributed by atoms with Crippen LogP contribution in [-0.2, 0) is 17.8 Å². The second kappa shape index (κ2) is 9.36. The number of hydrogen-bond donors (Lipinski definition) is 1. The van der Waals surface area contributed by atoms with Gasteiger partial charge in [0.05, 0.1) is 17.9 Å². The van der Waals surface area contributed by atoms with Crippen LogP contribution in [0.5, 0.6) is 5.75 Å². The number of amides is 1. The smallest absolute Gasteiger partial charge is 0.252 e. The molecule has 0 bridgehead atoms. The van der Waals surface area contributed by atoms with Gasteiger partial charge in [0.1, 0.15) is 11.8 Å². The summed E-state index contributed by atoms with van der Waals surface area (Å²) in [4.78, 5) is 20.8. The van der Waals surface area contributed by atoms with Gasteiger partial charge in [-0.2, -0.15) is 0 Å². The van der Waals surface area contributed by atoms with Crippen molar-refractivity contribution < 1.29 is 9.90 Å². The van der Waals surface area contributed by atoms with Crippen molar-refractivity contribution >= 4 is 17.3 Å². The van der Waals surface area contributed by atoms with Crippen molar-refractivity contribution in [1.29, 1.82) is 0 Å². The number of phenolic OH excluding ortho intramolecular Hbond substituents is 1. The fraction of sp³-hybridized carbons (Fsp3) is 0.133. The Hall–Kier alpha value is -4.18. The third-order valence-electron chi connectivity index (χ3n) is 6.14. The second-order valence-electron chi connectivity index (χ2n) is 8.66. The lowest BCUT2D eigenvalue weighted by Crippen LogP contribution is -2.38. The molecule has 0 aliphatic carbocycles. The summed E-state index contributed by atoms with van der Waals surface area (Å²) in [6, 6.07) is 32.7. The van der Waals surface area contributed by atoms with Crippen LogP contribution in [0, 0.1) is 6.92 Å². The largest absolute Gasteiger partial charge is 0.508 e. The van der Waals surface area contributed by atoms with Crippen LogP contribution in [0.3, 0.4) is 0 Å². The van der Waals surface area contributed by atoms with Gasteiger partial charge in [-0.15, -0.1) is 0 Å². The number of rotatable bonds is 5. The number of aryl methyl sites for hydroxylation is 1. The summed E-state index contributed by atoms with van der Waals surface area (Å²) in [5, 5.41) is 10.4. The van der Waals surface area contributed by atoms with E-state index in [2.05, 4.69) is 0 Å². The van der Waals surface area contributed by atoms with Crippen LogP contribution in [0.2, 0.25) is 0 Å². The molecule has 0 saturated carbocycles. The number of carbonyl (C=O) groups excluding carboxylic acids is 1. The van der Waals surface area contributed by atoms with Gasteiger partial charge in [0, 0.05) is 23.6 Å². The molecule has 4 aromatic rings. The van der Waals surface area contributed by atoms with Crippen LogP contribution in [0.4, 0.5) is 5.69 Å². The summed E-state index contributed by atoms with van der Waals surface area (Å²) in [6.07, 6.45) is 0.500. The Bertz CT molecular complexity index is 1330. The highest BCUT2D eigenvalue weighted by Crippen LogP contribution is 2.33. The zero-order valence-electron chi connectivity index (χ0n) is 19.1. The standard InChI is InChI=1S/C30H26N2O2/c1-21-12-14-23(15-13-21)20-32-28-19-25(33)16-17-26(28)29(24-10-6-3-7-11-24)31-27(30(32)34)18-22-8-4-2-5-9-22/h2-17,19,27,33H,18,20H2,1H3. The highest BCUT2D eigenvalue weighted by Gasteiger charge is 2.32. The van der Waals surface area contributed by atoms with E-state index in [0.717, 1.165) is 28.0 Å². The zero-order chi connectivity index (χ0) is 23.5. The van der Waals surface area contributed by atoms with Gasteiger partial charge in [-0.3, -0.25) is 9.79 Å². The maximum Gasteiger partial charge on any atom is 0.252 e. The Labute approximate surface area is 199 Å². The van der Waals surface area contributed by atoms with E-state index in [1.165, 1.54) is 5.56 Å². The van der Waals surface area contributed by atoms with Crippen LogP contribution in [-0.4, -0.2) is 22.8 Å². The fourth-order valence-electron chi connectivity index (χ4n) is 4.36. The molecular weight excluding hydrogens is 420 g/mol. The normalized spacial score (nSPS) is 15.4. The Balaban J connectivity index is 1.66. The molecule has 1 aliphatic heterocycles. The first-order chi connectivity index (χ1) is 16.6. The van der Waals surface area contributed by atoms with E-state index in [4.69, 9.17) is 4.99 Å². The molecular formula is C30H26N2O2. The predicted octanol–water partition coefficient (Wildman–Crippen LogP) is 5.70. The van der Waals surface area contributed by atoms with Crippen LogP contribution >= 0.6 is 0 Å². The fourth-order valence-corrected chi connectivity index (χ4v) is 4.36. The maximum absolute atomic E-state index is 14.0. The molecule has 0 spiro atoms. The molecule has 1 aliphatic rings. The van der Waals surface area contributed by atoms with Gasteiger partial charge in [-0.1, -0.05) is 90.5 Å². The van der Waals surface area contributed by atoms with E-state index < -0.39 is 6.04 Å². The summed E-state index contributed by atoms with van der Waals surface area (Å²) >= 11 is 0. The molecule has 34 heavy (non-hydrogen) atoms. The van der Waals surface area contributed by atoms with Crippen molar-refractivity contribution in [2.45, 2.75) is 25.9 Å². The number of nitrogens with zero attached hydrogens (tertiary/aromatic N) is 2. The summed E-state index contributed by atoms with van der Waals surface area (Å²) in [7, 11) is 0. The lowest BCUT2D eigenvalue weighted by atomic mass is 9.99. The maximum atomic E-state index is 14.0. The van der Waals surface area contributed by atoms with Crippen LogP contribution < -0.4 is 4.90 Å². The number of carbonyl (C=O) groups is 1. The quantitative estimate of drug-likeness (QED) is 0.428. The Morgan fingerprint density at radius 2 is 1.50 bits per heavy atom. The SMILES string of the molecule is Cc1ccc(CN2C(=O)C(Cc3ccccc3)N=C(c3ccccc3)c3ccc(O)cc32)cc1. The average molecular weight is 447 g/mol. The number of hydrogen-bond acceptors (Lipinski definition) is 3. The molecule has 1 amide bonds. The van der Waals surface area contributed by atoms with Crippen LogP contribution in [0.15, 0.2) is 108 Å². The van der Waals surface area contributed by atoms with E-state index in [9.17, 15) is 9.90 Å². The topological polar surface area (TPSA) is 52.9 Å². The number of aliphatic imine (C=N–C) groups is 1. The van der Waals surface area contributed by atoms with Gasteiger partial charge < -0.3 is 10.0 Å². The molecule has 0 fully saturated rings.